The largest absolute Gasteiger partial charge is 0.298 e. The van der Waals surface area contributed by atoms with Crippen LogP contribution in [-0.4, -0.2) is 11.9 Å². The summed E-state index contributed by atoms with van der Waals surface area (Å²) in [5.74, 6) is -0.179. The SMILES string of the molecule is CN(Cc1cccc(F)c1)Cc1ccccc1Br. The summed E-state index contributed by atoms with van der Waals surface area (Å²) in [7, 11) is 2.03. The number of rotatable bonds is 4. The molecule has 2 rings (SSSR count). The molecule has 0 heterocycles. The van der Waals surface area contributed by atoms with E-state index in [2.05, 4.69) is 26.9 Å². The van der Waals surface area contributed by atoms with Gasteiger partial charge in [0.1, 0.15) is 5.82 Å². The first-order valence-electron chi connectivity index (χ1n) is 5.81. The van der Waals surface area contributed by atoms with Crippen LogP contribution in [-0.2, 0) is 13.1 Å². The molecule has 0 saturated carbocycles. The van der Waals surface area contributed by atoms with Crippen molar-refractivity contribution in [1.29, 1.82) is 0 Å². The van der Waals surface area contributed by atoms with Crippen LogP contribution in [0, 0.1) is 5.82 Å². The molecule has 0 saturated heterocycles. The van der Waals surface area contributed by atoms with E-state index in [-0.39, 0.29) is 5.82 Å². The molecule has 0 atom stereocenters. The third-order valence-corrected chi connectivity index (χ3v) is 3.51. The van der Waals surface area contributed by atoms with Gasteiger partial charge in [0.15, 0.2) is 0 Å². The van der Waals surface area contributed by atoms with Gasteiger partial charge in [0.25, 0.3) is 0 Å². The molecule has 94 valence electrons. The van der Waals surface area contributed by atoms with Gasteiger partial charge in [-0.1, -0.05) is 46.3 Å². The maximum absolute atomic E-state index is 13.1. The quantitative estimate of drug-likeness (QED) is 0.817. The van der Waals surface area contributed by atoms with E-state index in [1.807, 2.05) is 31.3 Å². The van der Waals surface area contributed by atoms with Crippen molar-refractivity contribution in [2.24, 2.45) is 0 Å². The lowest BCUT2D eigenvalue weighted by Gasteiger charge is -2.17. The van der Waals surface area contributed by atoms with Crippen LogP contribution in [0.3, 0.4) is 0 Å². The Balaban J connectivity index is 2.01. The second-order valence-electron chi connectivity index (χ2n) is 4.39. The Labute approximate surface area is 115 Å². The number of halogens is 2. The molecule has 0 radical (unpaired) electrons. The Kier molecular flexibility index (Phi) is 4.50. The van der Waals surface area contributed by atoms with Gasteiger partial charge < -0.3 is 0 Å². The van der Waals surface area contributed by atoms with E-state index in [0.717, 1.165) is 23.1 Å². The maximum Gasteiger partial charge on any atom is 0.123 e. The standard InChI is InChI=1S/C15H15BrFN/c1-18(10-12-5-4-7-14(17)9-12)11-13-6-2-3-8-15(13)16/h2-9H,10-11H2,1H3. The number of nitrogens with zero attached hydrogens (tertiary/aromatic N) is 1. The molecule has 0 amide bonds. The summed E-state index contributed by atoms with van der Waals surface area (Å²) in [5.41, 5.74) is 2.22. The monoisotopic (exact) mass is 307 g/mol. The van der Waals surface area contributed by atoms with Crippen LogP contribution in [0.4, 0.5) is 4.39 Å². The molecule has 3 heteroatoms. The van der Waals surface area contributed by atoms with Crippen molar-refractivity contribution in [2.45, 2.75) is 13.1 Å². The summed E-state index contributed by atoms with van der Waals surface area (Å²) in [6.07, 6.45) is 0. The van der Waals surface area contributed by atoms with Crippen molar-refractivity contribution in [3.05, 3.63) is 69.9 Å². The fraction of sp³-hybridized carbons (Fsp3) is 0.200. The lowest BCUT2D eigenvalue weighted by molar-refractivity contribution is 0.318. The minimum atomic E-state index is -0.179. The molecule has 0 unspecified atom stereocenters. The Bertz CT molecular complexity index is 527. The van der Waals surface area contributed by atoms with Crippen molar-refractivity contribution in [1.82, 2.24) is 4.90 Å². The zero-order valence-corrected chi connectivity index (χ0v) is 11.8. The van der Waals surface area contributed by atoms with Gasteiger partial charge in [-0.15, -0.1) is 0 Å². The molecule has 2 aromatic rings. The number of hydrogen-bond acceptors (Lipinski definition) is 1. The highest BCUT2D eigenvalue weighted by molar-refractivity contribution is 9.10. The molecule has 0 aliphatic heterocycles. The number of benzene rings is 2. The zero-order chi connectivity index (χ0) is 13.0. The Hall–Kier alpha value is -1.19. The van der Waals surface area contributed by atoms with E-state index < -0.39 is 0 Å². The highest BCUT2D eigenvalue weighted by Gasteiger charge is 2.05. The summed E-state index contributed by atoms with van der Waals surface area (Å²) >= 11 is 3.54. The van der Waals surface area contributed by atoms with Gasteiger partial charge in [0, 0.05) is 17.6 Å². The molecule has 18 heavy (non-hydrogen) atoms. The molecule has 0 fully saturated rings. The Morgan fingerprint density at radius 1 is 1.06 bits per heavy atom. The molecule has 0 aliphatic rings. The van der Waals surface area contributed by atoms with Crippen molar-refractivity contribution in [2.75, 3.05) is 7.05 Å². The average Bonchev–Trinajstić information content (AvgIpc) is 2.32. The number of hydrogen-bond donors (Lipinski definition) is 0. The van der Waals surface area contributed by atoms with Crippen LogP contribution in [0.2, 0.25) is 0 Å². The highest BCUT2D eigenvalue weighted by atomic mass is 79.9. The molecule has 0 aromatic heterocycles. The maximum atomic E-state index is 13.1. The average molecular weight is 308 g/mol. The third-order valence-electron chi connectivity index (χ3n) is 2.74. The molecule has 0 spiro atoms. The fourth-order valence-electron chi connectivity index (χ4n) is 1.92. The van der Waals surface area contributed by atoms with Gasteiger partial charge in [-0.25, -0.2) is 4.39 Å². The van der Waals surface area contributed by atoms with Gasteiger partial charge in [0.2, 0.25) is 0 Å². The van der Waals surface area contributed by atoms with E-state index in [9.17, 15) is 4.39 Å². The predicted octanol–water partition coefficient (Wildman–Crippen LogP) is 4.22. The van der Waals surface area contributed by atoms with Crippen LogP contribution >= 0.6 is 15.9 Å². The van der Waals surface area contributed by atoms with Crippen LogP contribution in [0.1, 0.15) is 11.1 Å². The summed E-state index contributed by atoms with van der Waals surface area (Å²) in [6.45, 7) is 1.57. The van der Waals surface area contributed by atoms with Crippen LogP contribution in [0.25, 0.3) is 0 Å². The lowest BCUT2D eigenvalue weighted by atomic mass is 10.2. The normalized spacial score (nSPS) is 10.9. The Morgan fingerprint density at radius 3 is 2.56 bits per heavy atom. The van der Waals surface area contributed by atoms with Crippen LogP contribution < -0.4 is 0 Å². The van der Waals surface area contributed by atoms with Gasteiger partial charge in [-0.2, -0.15) is 0 Å². The highest BCUT2D eigenvalue weighted by Crippen LogP contribution is 2.18. The van der Waals surface area contributed by atoms with Crippen molar-refractivity contribution < 1.29 is 4.39 Å². The summed E-state index contributed by atoms with van der Waals surface area (Å²) in [4.78, 5) is 2.16. The van der Waals surface area contributed by atoms with Gasteiger partial charge >= 0.3 is 0 Å². The fourth-order valence-corrected chi connectivity index (χ4v) is 2.33. The molecule has 2 aromatic carbocycles. The topological polar surface area (TPSA) is 3.24 Å². The van der Waals surface area contributed by atoms with E-state index in [1.165, 1.54) is 11.6 Å². The zero-order valence-electron chi connectivity index (χ0n) is 10.2. The second kappa shape index (κ2) is 6.12. The van der Waals surface area contributed by atoms with Crippen molar-refractivity contribution in [3.8, 4) is 0 Å². The first-order valence-corrected chi connectivity index (χ1v) is 6.61. The van der Waals surface area contributed by atoms with Gasteiger partial charge in [-0.05, 0) is 36.4 Å². The minimum Gasteiger partial charge on any atom is -0.298 e. The molecule has 0 N–H and O–H groups in total. The van der Waals surface area contributed by atoms with Gasteiger partial charge in [-0.3, -0.25) is 4.90 Å². The third kappa shape index (κ3) is 3.65. The van der Waals surface area contributed by atoms with Crippen LogP contribution in [0.15, 0.2) is 53.0 Å². The predicted molar refractivity (Wildman–Crippen MR) is 75.7 cm³/mol. The van der Waals surface area contributed by atoms with E-state index >= 15 is 0 Å². The van der Waals surface area contributed by atoms with E-state index in [1.54, 1.807) is 12.1 Å². The summed E-state index contributed by atoms with van der Waals surface area (Å²) < 4.78 is 14.2. The first-order chi connectivity index (χ1) is 8.65. The first kappa shape index (κ1) is 13.2. The molecular formula is C15H15BrFN. The summed E-state index contributed by atoms with van der Waals surface area (Å²) in [6, 6.07) is 14.9. The second-order valence-corrected chi connectivity index (χ2v) is 5.25. The molecule has 1 nitrogen and oxygen atoms in total. The van der Waals surface area contributed by atoms with E-state index in [4.69, 9.17) is 0 Å². The van der Waals surface area contributed by atoms with Gasteiger partial charge in [0.05, 0.1) is 0 Å². The minimum absolute atomic E-state index is 0.179. The van der Waals surface area contributed by atoms with Crippen LogP contribution in [0.5, 0.6) is 0 Å². The van der Waals surface area contributed by atoms with Crippen molar-refractivity contribution in [3.63, 3.8) is 0 Å². The van der Waals surface area contributed by atoms with E-state index in [0.29, 0.717) is 0 Å². The molecule has 0 aliphatic carbocycles. The van der Waals surface area contributed by atoms with Crippen molar-refractivity contribution >= 4 is 15.9 Å². The smallest absolute Gasteiger partial charge is 0.123 e. The Morgan fingerprint density at radius 2 is 1.83 bits per heavy atom. The molecular weight excluding hydrogens is 293 g/mol. The summed E-state index contributed by atoms with van der Waals surface area (Å²) in [5, 5.41) is 0. The molecule has 0 bridgehead atoms. The lowest BCUT2D eigenvalue weighted by Crippen LogP contribution is -2.17.